The van der Waals surface area contributed by atoms with Crippen LogP contribution in [-0.4, -0.2) is 36.4 Å². The summed E-state index contributed by atoms with van der Waals surface area (Å²) in [4.78, 5) is 22.9. The summed E-state index contributed by atoms with van der Waals surface area (Å²) in [6.07, 6.45) is 0.910. The van der Waals surface area contributed by atoms with E-state index in [0.29, 0.717) is 18.3 Å². The number of hydrogen-bond acceptors (Lipinski definition) is 7. The minimum atomic E-state index is -4.19. The molecule has 0 radical (unpaired) electrons. The van der Waals surface area contributed by atoms with Crippen LogP contribution in [0.1, 0.15) is 37.6 Å². The van der Waals surface area contributed by atoms with Gasteiger partial charge in [0, 0.05) is 12.1 Å². The van der Waals surface area contributed by atoms with Crippen LogP contribution in [0.2, 0.25) is 5.15 Å². The van der Waals surface area contributed by atoms with Gasteiger partial charge in [-0.25, -0.2) is 14.7 Å². The molecule has 0 bridgehead atoms. The second kappa shape index (κ2) is 7.21. The summed E-state index contributed by atoms with van der Waals surface area (Å²) in [5.74, 6) is -0.0160. The van der Waals surface area contributed by atoms with Crippen LogP contribution in [-0.2, 0) is 10.0 Å². The Morgan fingerprint density at radius 2 is 2.00 bits per heavy atom. The van der Waals surface area contributed by atoms with Crippen molar-refractivity contribution >= 4 is 39.2 Å². The van der Waals surface area contributed by atoms with Crippen LogP contribution in [0.5, 0.6) is 0 Å². The fraction of sp³-hybridized carbons (Fsp3) is 0.389. The molecule has 1 amide bonds. The van der Waals surface area contributed by atoms with Crippen molar-refractivity contribution in [3.05, 3.63) is 41.0 Å². The average molecular weight is 424 g/mol. The minimum Gasteiger partial charge on any atom is -0.384 e. The van der Waals surface area contributed by atoms with Gasteiger partial charge in [-0.1, -0.05) is 24.6 Å². The normalized spacial score (nSPS) is 18.9. The molecule has 3 heterocycles. The number of hydrogen-bond donors (Lipinski definition) is 2. The van der Waals surface area contributed by atoms with Gasteiger partial charge in [0.05, 0.1) is 5.56 Å². The molecular formula is C18H22ClN5O3S. The number of sulfonamides is 1. The highest BCUT2D eigenvalue weighted by Gasteiger charge is 2.39. The number of nitrogens with two attached hydrogens (primary N) is 1. The van der Waals surface area contributed by atoms with Crippen LogP contribution < -0.4 is 15.4 Å². The van der Waals surface area contributed by atoms with Gasteiger partial charge in [-0.05, 0) is 50.5 Å². The predicted octanol–water partition coefficient (Wildman–Crippen LogP) is 2.46. The van der Waals surface area contributed by atoms with E-state index in [1.54, 1.807) is 0 Å². The van der Waals surface area contributed by atoms with Crippen molar-refractivity contribution in [1.82, 2.24) is 14.7 Å². The summed E-state index contributed by atoms with van der Waals surface area (Å²) >= 11 is 6.06. The fourth-order valence-corrected chi connectivity index (χ4v) is 4.66. The molecule has 1 fully saturated rings. The molecule has 2 aromatic rings. The van der Waals surface area contributed by atoms with E-state index >= 15 is 0 Å². The van der Waals surface area contributed by atoms with Crippen molar-refractivity contribution in [2.24, 2.45) is 5.92 Å². The van der Waals surface area contributed by atoms with Crippen LogP contribution in [0, 0.1) is 5.92 Å². The highest BCUT2D eigenvalue weighted by molar-refractivity contribution is 7.90. The summed E-state index contributed by atoms with van der Waals surface area (Å²) in [6, 6.07) is 7.10. The molecule has 1 aliphatic heterocycles. The first-order chi connectivity index (χ1) is 13.0. The van der Waals surface area contributed by atoms with Crippen molar-refractivity contribution in [2.75, 3.05) is 17.2 Å². The van der Waals surface area contributed by atoms with Gasteiger partial charge in [-0.2, -0.15) is 8.42 Å². The Balaban J connectivity index is 1.97. The van der Waals surface area contributed by atoms with Crippen molar-refractivity contribution in [3.8, 4) is 0 Å². The number of rotatable bonds is 4. The van der Waals surface area contributed by atoms with E-state index < -0.39 is 15.9 Å². The summed E-state index contributed by atoms with van der Waals surface area (Å²) in [5.41, 5.74) is 5.42. The largest absolute Gasteiger partial charge is 0.384 e. The number of aromatic nitrogens is 2. The monoisotopic (exact) mass is 423 g/mol. The maximum absolute atomic E-state index is 12.8. The van der Waals surface area contributed by atoms with Crippen molar-refractivity contribution in [3.63, 3.8) is 0 Å². The molecule has 3 rings (SSSR count). The van der Waals surface area contributed by atoms with Gasteiger partial charge in [0.1, 0.15) is 16.8 Å². The van der Waals surface area contributed by atoms with Crippen molar-refractivity contribution < 1.29 is 13.2 Å². The van der Waals surface area contributed by atoms with Gasteiger partial charge in [0.25, 0.3) is 15.9 Å². The lowest BCUT2D eigenvalue weighted by molar-refractivity contribution is 0.0981. The highest BCUT2D eigenvalue weighted by atomic mass is 35.5. The fourth-order valence-electron chi connectivity index (χ4n) is 3.58. The topological polar surface area (TPSA) is 118 Å². The van der Waals surface area contributed by atoms with Gasteiger partial charge in [-0.3, -0.25) is 4.79 Å². The zero-order valence-corrected chi connectivity index (χ0v) is 17.4. The van der Waals surface area contributed by atoms with Crippen LogP contribution in [0.15, 0.2) is 35.4 Å². The summed E-state index contributed by atoms with van der Waals surface area (Å²) in [5, 5.41) is -0.110. The Hall–Kier alpha value is -2.39. The lowest BCUT2D eigenvalue weighted by atomic mass is 9.97. The number of carbonyl (C=O) groups excluding carboxylic acids is 1. The third-order valence-corrected chi connectivity index (χ3v) is 6.10. The number of nitrogen functional groups attached to an aromatic ring is 1. The second-order valence-corrected chi connectivity index (χ2v) is 9.59. The molecule has 0 saturated carbocycles. The van der Waals surface area contributed by atoms with E-state index in [9.17, 15) is 13.2 Å². The van der Waals surface area contributed by atoms with Crippen LogP contribution in [0.3, 0.4) is 0 Å². The molecule has 0 aromatic carbocycles. The zero-order chi connectivity index (χ0) is 20.7. The maximum atomic E-state index is 12.8. The molecule has 0 unspecified atom stereocenters. The molecule has 1 aliphatic rings. The molecule has 1 saturated heterocycles. The Morgan fingerprint density at radius 3 is 2.61 bits per heavy atom. The summed E-state index contributed by atoms with van der Waals surface area (Å²) < 4.78 is 27.1. The Morgan fingerprint density at radius 1 is 1.29 bits per heavy atom. The Kier molecular flexibility index (Phi) is 5.24. The predicted molar refractivity (Wildman–Crippen MR) is 108 cm³/mol. The van der Waals surface area contributed by atoms with Gasteiger partial charge in [0.15, 0.2) is 5.03 Å². The molecule has 0 aliphatic carbocycles. The molecule has 0 spiro atoms. The number of amides is 1. The number of nitrogens with one attached hydrogen (secondary N) is 1. The standard InChI is InChI=1S/C18H22ClN5O3S/c1-11-9-18(2,3)24(10-11)16-12(7-8-13(19)21-16)17(25)23-28(26,27)15-6-4-5-14(20)22-15/h4-8,11H,9-10H2,1-3H3,(H2,20,22)(H,23,25)/t11-/m0/s1. The van der Waals surface area contributed by atoms with Crippen molar-refractivity contribution in [1.29, 1.82) is 0 Å². The first-order valence-electron chi connectivity index (χ1n) is 8.73. The van der Waals surface area contributed by atoms with Gasteiger partial charge in [-0.15, -0.1) is 0 Å². The first-order valence-corrected chi connectivity index (χ1v) is 10.6. The lowest BCUT2D eigenvalue weighted by Gasteiger charge is -2.33. The van der Waals surface area contributed by atoms with Crippen LogP contribution in [0.4, 0.5) is 11.6 Å². The average Bonchev–Trinajstić information content (AvgIpc) is 2.86. The Labute approximate surface area is 169 Å². The molecule has 1 atom stereocenters. The lowest BCUT2D eigenvalue weighted by Crippen LogP contribution is -2.41. The summed E-state index contributed by atoms with van der Waals surface area (Å²) in [7, 11) is -4.19. The van der Waals surface area contributed by atoms with Crippen LogP contribution >= 0.6 is 11.6 Å². The van der Waals surface area contributed by atoms with E-state index in [0.717, 1.165) is 6.42 Å². The van der Waals surface area contributed by atoms with E-state index in [4.69, 9.17) is 17.3 Å². The third-order valence-electron chi connectivity index (χ3n) is 4.66. The molecular weight excluding hydrogens is 402 g/mol. The van der Waals surface area contributed by atoms with Gasteiger partial charge < -0.3 is 10.6 Å². The Bertz CT molecular complexity index is 1030. The minimum absolute atomic E-state index is 0.0389. The van der Waals surface area contributed by atoms with Gasteiger partial charge >= 0.3 is 0 Å². The van der Waals surface area contributed by atoms with Crippen LogP contribution in [0.25, 0.3) is 0 Å². The number of nitrogens with zero attached hydrogens (tertiary/aromatic N) is 3. The molecule has 2 aromatic heterocycles. The molecule has 28 heavy (non-hydrogen) atoms. The zero-order valence-electron chi connectivity index (χ0n) is 15.8. The van der Waals surface area contributed by atoms with Crippen molar-refractivity contribution in [2.45, 2.75) is 37.8 Å². The van der Waals surface area contributed by atoms with E-state index in [2.05, 4.69) is 16.9 Å². The molecule has 3 N–H and O–H groups in total. The number of anilines is 2. The van der Waals surface area contributed by atoms with E-state index in [-0.39, 0.29) is 27.1 Å². The SMILES string of the molecule is C[C@@H]1CN(c2nc(Cl)ccc2C(=O)NS(=O)(=O)c2cccc(N)n2)C(C)(C)C1. The first kappa shape index (κ1) is 20.3. The smallest absolute Gasteiger partial charge is 0.281 e. The molecule has 10 heteroatoms. The van der Waals surface area contributed by atoms with E-state index in [1.807, 2.05) is 23.5 Å². The summed E-state index contributed by atoms with van der Waals surface area (Å²) in [6.45, 7) is 6.90. The quantitative estimate of drug-likeness (QED) is 0.725. The van der Waals surface area contributed by atoms with E-state index in [1.165, 1.54) is 30.3 Å². The molecule has 8 nitrogen and oxygen atoms in total. The highest BCUT2D eigenvalue weighted by Crippen LogP contribution is 2.37. The maximum Gasteiger partial charge on any atom is 0.281 e. The number of pyridine rings is 2. The van der Waals surface area contributed by atoms with Gasteiger partial charge in [0.2, 0.25) is 0 Å². The number of halogens is 1. The third kappa shape index (κ3) is 4.05. The second-order valence-electron chi connectivity index (χ2n) is 7.57. The number of carbonyl (C=O) groups is 1. The molecule has 150 valence electrons.